The maximum atomic E-state index is 13.3. The minimum absolute atomic E-state index is 0.234. The fraction of sp³-hybridized carbons (Fsp3) is 0.952. The Hall–Kier alpha value is -1.27. The molecule has 14 heteroatoms. The van der Waals surface area contributed by atoms with Gasteiger partial charge >= 0.3 is 0 Å². The molecule has 2 aliphatic rings. The minimum atomic E-state index is -1.79. The van der Waals surface area contributed by atoms with Gasteiger partial charge in [0.2, 0.25) is 5.91 Å². The molecule has 14 nitrogen and oxygen atoms in total. The number of ether oxygens (including phenoxy) is 4. The van der Waals surface area contributed by atoms with Crippen LogP contribution in [-0.4, -0.2) is 140 Å². The van der Waals surface area contributed by atoms with Crippen LogP contribution in [0, 0.1) is 0 Å². The van der Waals surface area contributed by atoms with Gasteiger partial charge in [0.25, 0.3) is 0 Å². The van der Waals surface area contributed by atoms with Crippen molar-refractivity contribution < 1.29 is 64.6 Å². The van der Waals surface area contributed by atoms with Crippen LogP contribution in [0.5, 0.6) is 0 Å². The van der Waals surface area contributed by atoms with E-state index in [1.165, 1.54) is 218 Å². The van der Waals surface area contributed by atoms with Crippen molar-refractivity contribution in [2.24, 2.45) is 0 Å². The Bertz CT molecular complexity index is 1330. The van der Waals surface area contributed by atoms with Gasteiger partial charge < -0.3 is 65.1 Å². The van der Waals surface area contributed by atoms with Crippen molar-refractivity contribution in [3.63, 3.8) is 0 Å². The summed E-state index contributed by atoms with van der Waals surface area (Å²) >= 11 is 0. The fourth-order valence-electron chi connectivity index (χ4n) is 10.8. The van der Waals surface area contributed by atoms with Crippen LogP contribution < -0.4 is 5.32 Å². The highest BCUT2D eigenvalue weighted by Gasteiger charge is 2.51. The Balaban J connectivity index is 1.72. The Morgan fingerprint density at radius 1 is 0.461 bits per heavy atom. The number of hydrogen-bond donors (Lipinski definition) is 9. The van der Waals surface area contributed by atoms with E-state index in [4.69, 9.17) is 18.9 Å². The number of rotatable bonds is 52. The first-order valence-corrected chi connectivity index (χ1v) is 31.9. The first-order chi connectivity index (χ1) is 37.1. The number of amides is 1. The number of aliphatic hydroxyl groups excluding tert-OH is 8. The first-order valence-electron chi connectivity index (χ1n) is 31.9. The van der Waals surface area contributed by atoms with Crippen LogP contribution in [0.25, 0.3) is 0 Å². The topological polar surface area (TPSA) is 228 Å². The van der Waals surface area contributed by atoms with E-state index in [9.17, 15) is 45.6 Å². The molecular formula is C62H119NO13. The van der Waals surface area contributed by atoms with Crippen molar-refractivity contribution in [3.8, 4) is 0 Å². The predicted octanol–water partition coefficient (Wildman–Crippen LogP) is 11.5. The highest BCUT2D eigenvalue weighted by molar-refractivity contribution is 5.76. The normalized spacial score (nSPS) is 24.9. The van der Waals surface area contributed by atoms with Crippen LogP contribution in [0.1, 0.15) is 284 Å². The van der Waals surface area contributed by atoms with Crippen molar-refractivity contribution in [1.82, 2.24) is 5.32 Å². The van der Waals surface area contributed by atoms with Gasteiger partial charge in [-0.25, -0.2) is 0 Å². The third-order valence-corrected chi connectivity index (χ3v) is 16.0. The molecule has 12 atom stereocenters. The number of carbonyl (C=O) groups excluding carboxylic acids is 1. The lowest BCUT2D eigenvalue weighted by Gasteiger charge is -2.46. The van der Waals surface area contributed by atoms with E-state index in [1.54, 1.807) is 6.08 Å². The molecule has 76 heavy (non-hydrogen) atoms. The van der Waals surface area contributed by atoms with E-state index in [-0.39, 0.29) is 18.9 Å². The molecular weight excluding hydrogens is 967 g/mol. The molecule has 0 aliphatic carbocycles. The number of carbonyl (C=O) groups is 1. The molecule has 0 bridgehead atoms. The van der Waals surface area contributed by atoms with Gasteiger partial charge in [-0.1, -0.05) is 270 Å². The van der Waals surface area contributed by atoms with Gasteiger partial charge in [-0.05, 0) is 19.3 Å². The van der Waals surface area contributed by atoms with Crippen LogP contribution in [0.2, 0.25) is 0 Å². The Morgan fingerprint density at radius 2 is 0.816 bits per heavy atom. The summed E-state index contributed by atoms with van der Waals surface area (Å²) in [5.41, 5.74) is 0. The molecule has 9 N–H and O–H groups in total. The van der Waals surface area contributed by atoms with E-state index in [0.717, 1.165) is 38.5 Å². The molecule has 0 aromatic carbocycles. The van der Waals surface area contributed by atoms with Crippen LogP contribution in [0.3, 0.4) is 0 Å². The molecule has 2 rings (SSSR count). The summed E-state index contributed by atoms with van der Waals surface area (Å²) in [7, 11) is 0. The van der Waals surface area contributed by atoms with Gasteiger partial charge in [0.1, 0.15) is 48.8 Å². The summed E-state index contributed by atoms with van der Waals surface area (Å²) in [6.07, 6.45) is 39.7. The third-order valence-electron chi connectivity index (χ3n) is 16.0. The molecule has 0 spiro atoms. The second-order valence-corrected chi connectivity index (χ2v) is 22.9. The SMILES string of the molecule is CCCCCCCCCCCCCCCCCCCCCCCCCC/C=C/C(O)C(COC1OC(CO)C(OC2OC(CO)C(O)C(O)C2O)C(O)C1O)NC(=O)CCCCCCCCCCCCCCCCCC. The molecule has 2 aliphatic heterocycles. The number of unbranched alkanes of at least 4 members (excludes halogenated alkanes) is 39. The van der Waals surface area contributed by atoms with Crippen molar-refractivity contribution >= 4 is 5.91 Å². The third kappa shape index (κ3) is 33.5. The molecule has 1 amide bonds. The van der Waals surface area contributed by atoms with E-state index < -0.39 is 86.8 Å². The van der Waals surface area contributed by atoms with E-state index in [1.807, 2.05) is 6.08 Å². The molecule has 0 aromatic heterocycles. The summed E-state index contributed by atoms with van der Waals surface area (Å²) in [5.74, 6) is -0.234. The highest BCUT2D eigenvalue weighted by atomic mass is 16.7. The minimum Gasteiger partial charge on any atom is -0.394 e. The van der Waals surface area contributed by atoms with Crippen LogP contribution in [0.4, 0.5) is 0 Å². The average Bonchev–Trinajstić information content (AvgIpc) is 3.42. The van der Waals surface area contributed by atoms with E-state index >= 15 is 0 Å². The Kier molecular flexibility index (Phi) is 45.1. The number of hydrogen-bond acceptors (Lipinski definition) is 13. The molecule has 450 valence electrons. The van der Waals surface area contributed by atoms with Gasteiger partial charge in [0.05, 0.1) is 32.0 Å². The second-order valence-electron chi connectivity index (χ2n) is 22.9. The van der Waals surface area contributed by atoms with Gasteiger partial charge in [-0.15, -0.1) is 0 Å². The standard InChI is InChI=1S/C62H119NO13/c1-3-5-7-9-11-13-15-17-19-21-22-23-24-25-26-27-28-29-30-31-33-35-37-39-41-43-45-51(66)50(63-54(67)46-44-42-40-38-36-34-32-20-18-16-14-12-10-8-6-4-2)49-73-61-59(72)57(70)60(53(48-65)75-61)76-62-58(71)56(69)55(68)52(47-64)74-62/h43,45,50-53,55-62,64-66,68-72H,3-42,44,46-49H2,1-2H3,(H,63,67)/b45-43+. The summed E-state index contributed by atoms with van der Waals surface area (Å²) in [6.45, 7) is 2.84. The molecule has 0 radical (unpaired) electrons. The predicted molar refractivity (Wildman–Crippen MR) is 305 cm³/mol. The first kappa shape index (κ1) is 70.8. The number of aliphatic hydroxyl groups is 8. The second kappa shape index (κ2) is 48.4. The molecule has 0 saturated carbocycles. The summed E-state index contributed by atoms with van der Waals surface area (Å²) in [6, 6.07) is -0.910. The zero-order valence-corrected chi connectivity index (χ0v) is 48.5. The van der Waals surface area contributed by atoms with Crippen molar-refractivity contribution in [2.75, 3.05) is 19.8 Å². The molecule has 12 unspecified atom stereocenters. The maximum absolute atomic E-state index is 13.3. The monoisotopic (exact) mass is 1090 g/mol. The number of nitrogens with one attached hydrogen (secondary N) is 1. The van der Waals surface area contributed by atoms with Gasteiger partial charge in [0, 0.05) is 6.42 Å². The van der Waals surface area contributed by atoms with Crippen molar-refractivity contribution in [3.05, 3.63) is 12.2 Å². The lowest BCUT2D eigenvalue weighted by molar-refractivity contribution is -0.359. The highest BCUT2D eigenvalue weighted by Crippen LogP contribution is 2.30. The molecule has 0 aromatic rings. The van der Waals surface area contributed by atoms with Crippen molar-refractivity contribution in [2.45, 2.75) is 357 Å². The summed E-state index contributed by atoms with van der Waals surface area (Å²) < 4.78 is 22.8. The lowest BCUT2D eigenvalue weighted by atomic mass is 9.97. The van der Waals surface area contributed by atoms with Crippen LogP contribution in [0.15, 0.2) is 12.2 Å². The van der Waals surface area contributed by atoms with Crippen molar-refractivity contribution in [1.29, 1.82) is 0 Å². The Morgan fingerprint density at radius 3 is 1.21 bits per heavy atom. The van der Waals surface area contributed by atoms with Gasteiger partial charge in [-0.3, -0.25) is 4.79 Å². The quantitative estimate of drug-likeness (QED) is 0.0204. The summed E-state index contributed by atoms with van der Waals surface area (Å²) in [4.78, 5) is 13.3. The van der Waals surface area contributed by atoms with Gasteiger partial charge in [-0.2, -0.15) is 0 Å². The smallest absolute Gasteiger partial charge is 0.220 e. The maximum Gasteiger partial charge on any atom is 0.220 e. The summed E-state index contributed by atoms with van der Waals surface area (Å²) in [5, 5.41) is 87.2. The lowest BCUT2D eigenvalue weighted by Crippen LogP contribution is -2.65. The van der Waals surface area contributed by atoms with E-state index in [0.29, 0.717) is 6.42 Å². The molecule has 2 heterocycles. The zero-order chi connectivity index (χ0) is 55.3. The van der Waals surface area contributed by atoms with Crippen LogP contribution >= 0.6 is 0 Å². The van der Waals surface area contributed by atoms with Gasteiger partial charge in [0.15, 0.2) is 12.6 Å². The molecule has 2 saturated heterocycles. The average molecular weight is 1090 g/mol. The zero-order valence-electron chi connectivity index (χ0n) is 48.5. The largest absolute Gasteiger partial charge is 0.394 e. The fourth-order valence-corrected chi connectivity index (χ4v) is 10.8. The van der Waals surface area contributed by atoms with E-state index in [2.05, 4.69) is 19.2 Å². The Labute approximate surface area is 463 Å². The van der Waals surface area contributed by atoms with Crippen LogP contribution in [-0.2, 0) is 23.7 Å². The molecule has 2 fully saturated rings. The number of allylic oxidation sites excluding steroid dienone is 1.